The minimum Gasteiger partial charge on any atom is -0.393 e. The molecule has 1 aliphatic heterocycles. The second-order valence-corrected chi connectivity index (χ2v) is 3.44. The zero-order valence-electron chi connectivity index (χ0n) is 7.88. The molecule has 1 aliphatic rings. The van der Waals surface area contributed by atoms with Crippen molar-refractivity contribution in [2.75, 3.05) is 19.7 Å². The van der Waals surface area contributed by atoms with Gasteiger partial charge in [0, 0.05) is 5.57 Å². The Balaban J connectivity index is 2.49. The van der Waals surface area contributed by atoms with E-state index in [4.69, 9.17) is 5.11 Å². The highest BCUT2D eigenvalue weighted by molar-refractivity contribution is 5.93. The summed E-state index contributed by atoms with van der Waals surface area (Å²) in [6.45, 7) is 2.97. The summed E-state index contributed by atoms with van der Waals surface area (Å²) in [4.78, 5) is 12.8. The Labute approximate surface area is 76.8 Å². The smallest absolute Gasteiger partial charge is 0.249 e. The van der Waals surface area contributed by atoms with Gasteiger partial charge in [0.15, 0.2) is 5.67 Å². The van der Waals surface area contributed by atoms with E-state index in [0.717, 1.165) is 0 Å². The predicted octanol–water partition coefficient (Wildman–Crippen LogP) is 0.495. The number of alkyl halides is 1. The second-order valence-electron chi connectivity index (χ2n) is 3.44. The Kier molecular flexibility index (Phi) is 2.71. The third-order valence-corrected chi connectivity index (χ3v) is 2.29. The van der Waals surface area contributed by atoms with E-state index in [9.17, 15) is 9.18 Å². The molecule has 0 aromatic carbocycles. The molecule has 0 unspecified atom stereocenters. The van der Waals surface area contributed by atoms with Crippen molar-refractivity contribution >= 4 is 5.91 Å². The molecular weight excluding hydrogens is 173 g/mol. The Bertz CT molecular complexity index is 244. The molecule has 1 N–H and O–H groups in total. The van der Waals surface area contributed by atoms with Gasteiger partial charge in [-0.05, 0) is 13.8 Å². The molecule has 74 valence electrons. The molecule has 0 aromatic heterocycles. The van der Waals surface area contributed by atoms with Crippen LogP contribution in [-0.4, -0.2) is 41.3 Å². The van der Waals surface area contributed by atoms with E-state index < -0.39 is 12.3 Å². The fourth-order valence-electron chi connectivity index (χ4n) is 1.25. The Hall–Kier alpha value is -0.900. The van der Waals surface area contributed by atoms with Crippen LogP contribution in [0.3, 0.4) is 0 Å². The molecule has 1 saturated heterocycles. The van der Waals surface area contributed by atoms with Crippen molar-refractivity contribution in [3.05, 3.63) is 11.6 Å². The summed E-state index contributed by atoms with van der Waals surface area (Å²) < 4.78 is 13.1. The van der Waals surface area contributed by atoms with Gasteiger partial charge in [0.1, 0.15) is 0 Å². The van der Waals surface area contributed by atoms with E-state index in [1.165, 1.54) is 4.90 Å². The van der Waals surface area contributed by atoms with E-state index in [-0.39, 0.29) is 19.0 Å². The summed E-state index contributed by atoms with van der Waals surface area (Å²) in [5, 5.41) is 8.61. The first kappa shape index (κ1) is 10.2. The van der Waals surface area contributed by atoms with E-state index in [2.05, 4.69) is 0 Å². The van der Waals surface area contributed by atoms with Crippen LogP contribution in [0.2, 0.25) is 0 Å². The van der Waals surface area contributed by atoms with Crippen LogP contribution >= 0.6 is 0 Å². The number of carbonyl (C=O) groups is 1. The van der Waals surface area contributed by atoms with Crippen LogP contribution in [0.5, 0.6) is 0 Å². The van der Waals surface area contributed by atoms with Gasteiger partial charge >= 0.3 is 0 Å². The summed E-state index contributed by atoms with van der Waals surface area (Å²) in [6, 6.07) is 0. The minimum atomic E-state index is -1.57. The number of aliphatic hydroxyl groups is 1. The SMILES string of the molecule is C/C=C(/C)C(=O)N1CC(F)(CO)C1. The van der Waals surface area contributed by atoms with Gasteiger partial charge in [0.2, 0.25) is 5.91 Å². The first-order chi connectivity index (χ1) is 6.02. The van der Waals surface area contributed by atoms with Crippen molar-refractivity contribution in [2.24, 2.45) is 0 Å². The number of amides is 1. The van der Waals surface area contributed by atoms with Crippen molar-refractivity contribution in [1.82, 2.24) is 4.90 Å². The average Bonchev–Trinajstić information content (AvgIpc) is 2.10. The molecule has 1 rings (SSSR count). The number of carbonyl (C=O) groups excluding carboxylic acids is 1. The molecule has 0 saturated carbocycles. The van der Waals surface area contributed by atoms with Crippen LogP contribution < -0.4 is 0 Å². The molecule has 4 heteroatoms. The van der Waals surface area contributed by atoms with E-state index in [1.807, 2.05) is 0 Å². The molecule has 13 heavy (non-hydrogen) atoms. The highest BCUT2D eigenvalue weighted by Crippen LogP contribution is 2.25. The van der Waals surface area contributed by atoms with Crippen LogP contribution in [0.25, 0.3) is 0 Å². The van der Waals surface area contributed by atoms with Gasteiger partial charge < -0.3 is 10.0 Å². The normalized spacial score (nSPS) is 21.2. The van der Waals surface area contributed by atoms with Crippen LogP contribution in [0.4, 0.5) is 4.39 Å². The van der Waals surface area contributed by atoms with Crippen LogP contribution in [0, 0.1) is 0 Å². The minimum absolute atomic E-state index is 0.00745. The summed E-state index contributed by atoms with van der Waals surface area (Å²) in [7, 11) is 0. The summed E-state index contributed by atoms with van der Waals surface area (Å²) in [6.07, 6.45) is 1.69. The number of nitrogens with zero attached hydrogens (tertiary/aromatic N) is 1. The Morgan fingerprint density at radius 1 is 1.69 bits per heavy atom. The molecule has 1 heterocycles. The van der Waals surface area contributed by atoms with Crippen LogP contribution in [-0.2, 0) is 4.79 Å². The topological polar surface area (TPSA) is 40.5 Å². The van der Waals surface area contributed by atoms with Gasteiger partial charge in [-0.3, -0.25) is 4.79 Å². The maximum Gasteiger partial charge on any atom is 0.249 e. The summed E-state index contributed by atoms with van der Waals surface area (Å²) in [5.74, 6) is -0.149. The Morgan fingerprint density at radius 3 is 2.62 bits per heavy atom. The molecule has 3 nitrogen and oxygen atoms in total. The molecule has 0 aromatic rings. The summed E-state index contributed by atoms with van der Waals surface area (Å²) >= 11 is 0. The molecular formula is C9H14FNO2. The molecule has 0 atom stereocenters. The number of likely N-dealkylation sites (tertiary alicyclic amines) is 1. The van der Waals surface area contributed by atoms with Crippen LogP contribution in [0.1, 0.15) is 13.8 Å². The number of aliphatic hydroxyl groups excluding tert-OH is 1. The van der Waals surface area contributed by atoms with Gasteiger partial charge in [0.05, 0.1) is 19.7 Å². The lowest BCUT2D eigenvalue weighted by atomic mass is 9.96. The van der Waals surface area contributed by atoms with E-state index in [0.29, 0.717) is 5.57 Å². The lowest BCUT2D eigenvalue weighted by molar-refractivity contribution is -0.144. The third-order valence-electron chi connectivity index (χ3n) is 2.29. The van der Waals surface area contributed by atoms with Crippen molar-refractivity contribution in [1.29, 1.82) is 0 Å². The lowest BCUT2D eigenvalue weighted by Gasteiger charge is -2.43. The molecule has 0 radical (unpaired) electrons. The first-order valence-corrected chi connectivity index (χ1v) is 4.24. The van der Waals surface area contributed by atoms with E-state index in [1.54, 1.807) is 19.9 Å². The largest absolute Gasteiger partial charge is 0.393 e. The molecule has 1 amide bonds. The average molecular weight is 187 g/mol. The third kappa shape index (κ3) is 1.88. The maximum atomic E-state index is 13.1. The highest BCUT2D eigenvalue weighted by atomic mass is 19.1. The molecule has 0 spiro atoms. The van der Waals surface area contributed by atoms with Crippen molar-refractivity contribution in [3.8, 4) is 0 Å². The van der Waals surface area contributed by atoms with Crippen LogP contribution in [0.15, 0.2) is 11.6 Å². The maximum absolute atomic E-state index is 13.1. The summed E-state index contributed by atoms with van der Waals surface area (Å²) in [5.41, 5.74) is -0.955. The molecule has 1 fully saturated rings. The molecule has 0 aliphatic carbocycles. The standard InChI is InChI=1S/C9H14FNO2/c1-3-7(2)8(13)11-4-9(10,5-11)6-12/h3,12H,4-6H2,1-2H3/b7-3-. The van der Waals surface area contributed by atoms with Gasteiger partial charge in [-0.2, -0.15) is 0 Å². The zero-order chi connectivity index (χ0) is 10.1. The van der Waals surface area contributed by atoms with Gasteiger partial charge in [-0.25, -0.2) is 4.39 Å². The van der Waals surface area contributed by atoms with E-state index >= 15 is 0 Å². The first-order valence-electron chi connectivity index (χ1n) is 4.24. The number of hydrogen-bond acceptors (Lipinski definition) is 2. The zero-order valence-corrected chi connectivity index (χ0v) is 7.88. The van der Waals surface area contributed by atoms with Gasteiger partial charge in [-0.1, -0.05) is 6.08 Å². The predicted molar refractivity (Wildman–Crippen MR) is 46.9 cm³/mol. The monoisotopic (exact) mass is 187 g/mol. The van der Waals surface area contributed by atoms with Crippen molar-refractivity contribution < 1.29 is 14.3 Å². The van der Waals surface area contributed by atoms with Gasteiger partial charge in [0.25, 0.3) is 0 Å². The highest BCUT2D eigenvalue weighted by Gasteiger charge is 2.45. The fraction of sp³-hybridized carbons (Fsp3) is 0.667. The fourth-order valence-corrected chi connectivity index (χ4v) is 1.25. The van der Waals surface area contributed by atoms with Crippen molar-refractivity contribution in [3.63, 3.8) is 0 Å². The number of hydrogen-bond donors (Lipinski definition) is 1. The number of halogens is 1. The number of rotatable bonds is 2. The Morgan fingerprint density at radius 2 is 2.23 bits per heavy atom. The van der Waals surface area contributed by atoms with Gasteiger partial charge in [-0.15, -0.1) is 0 Å². The quantitative estimate of drug-likeness (QED) is 0.639. The van der Waals surface area contributed by atoms with Crippen molar-refractivity contribution in [2.45, 2.75) is 19.5 Å². The molecule has 0 bridgehead atoms. The second kappa shape index (κ2) is 3.46. The number of allylic oxidation sites excluding steroid dienone is 1. The lowest BCUT2D eigenvalue weighted by Crippen LogP contribution is -2.62.